The van der Waals surface area contributed by atoms with Crippen molar-refractivity contribution in [3.63, 3.8) is 0 Å². The van der Waals surface area contributed by atoms with Gasteiger partial charge in [0, 0.05) is 15.9 Å². The Labute approximate surface area is 126 Å². The summed E-state index contributed by atoms with van der Waals surface area (Å²) in [5.74, 6) is 0.499. The first kappa shape index (κ1) is 14.4. The van der Waals surface area contributed by atoms with Crippen LogP contribution in [0.1, 0.15) is 17.0 Å². The van der Waals surface area contributed by atoms with Crippen LogP contribution >= 0.6 is 15.9 Å². The zero-order chi connectivity index (χ0) is 14.4. The van der Waals surface area contributed by atoms with Gasteiger partial charge in [-0.25, -0.2) is 15.4 Å². The van der Waals surface area contributed by atoms with Crippen molar-refractivity contribution in [3.8, 4) is 0 Å². The van der Waals surface area contributed by atoms with Crippen LogP contribution in [0.3, 0.4) is 0 Å². The molecule has 1 aromatic carbocycles. The van der Waals surface area contributed by atoms with Gasteiger partial charge in [0.25, 0.3) is 0 Å². The summed E-state index contributed by atoms with van der Waals surface area (Å²) >= 11 is 3.45. The summed E-state index contributed by atoms with van der Waals surface area (Å²) in [5, 5.41) is 4.10. The van der Waals surface area contributed by atoms with Gasteiger partial charge in [0.05, 0.1) is 6.21 Å². The third-order valence-corrected chi connectivity index (χ3v) is 2.87. The second-order valence-electron chi connectivity index (χ2n) is 4.28. The summed E-state index contributed by atoms with van der Waals surface area (Å²) < 4.78 is 0.862. The van der Waals surface area contributed by atoms with Crippen LogP contribution in [0.15, 0.2) is 46.0 Å². The van der Waals surface area contributed by atoms with Gasteiger partial charge in [-0.05, 0) is 47.5 Å². The molecule has 0 aliphatic heterocycles. The highest BCUT2D eigenvalue weighted by Crippen LogP contribution is 2.10. The molecule has 0 atom stereocenters. The fourth-order valence-corrected chi connectivity index (χ4v) is 2.04. The van der Waals surface area contributed by atoms with E-state index < -0.39 is 0 Å². The van der Waals surface area contributed by atoms with Crippen LogP contribution in [0.2, 0.25) is 0 Å². The zero-order valence-corrected chi connectivity index (χ0v) is 12.9. The van der Waals surface area contributed by atoms with E-state index in [9.17, 15) is 0 Å². The number of benzene rings is 1. The highest BCUT2D eigenvalue weighted by Gasteiger charge is 1.96. The van der Waals surface area contributed by atoms with Crippen molar-refractivity contribution in [1.29, 1.82) is 0 Å². The first-order valence-electron chi connectivity index (χ1n) is 6.17. The lowest BCUT2D eigenvalue weighted by Crippen LogP contribution is -1.99. The Morgan fingerprint density at radius 3 is 2.45 bits per heavy atom. The van der Waals surface area contributed by atoms with Crippen molar-refractivity contribution >= 4 is 34.2 Å². The van der Waals surface area contributed by atoms with Crippen LogP contribution in [0.5, 0.6) is 0 Å². The van der Waals surface area contributed by atoms with Crippen LogP contribution in [0.25, 0.3) is 6.08 Å². The van der Waals surface area contributed by atoms with Gasteiger partial charge in [-0.3, -0.25) is 0 Å². The topological polar surface area (TPSA) is 50.2 Å². The summed E-state index contributed by atoms with van der Waals surface area (Å²) in [6.45, 7) is 3.85. The maximum atomic E-state index is 4.24. The molecule has 102 valence electrons. The molecule has 0 bridgehead atoms. The Morgan fingerprint density at radius 1 is 1.15 bits per heavy atom. The van der Waals surface area contributed by atoms with Crippen molar-refractivity contribution in [3.05, 3.63) is 57.8 Å². The summed E-state index contributed by atoms with van der Waals surface area (Å²) in [6, 6.07) is 11.9. The smallest absolute Gasteiger partial charge is 0.243 e. The molecule has 2 aromatic rings. The number of halogens is 1. The number of nitrogens with one attached hydrogen (secondary N) is 1. The van der Waals surface area contributed by atoms with Gasteiger partial charge in [-0.1, -0.05) is 30.3 Å². The van der Waals surface area contributed by atoms with Gasteiger partial charge in [0.2, 0.25) is 5.95 Å². The largest absolute Gasteiger partial charge is 0.245 e. The monoisotopic (exact) mass is 330 g/mol. The average Bonchev–Trinajstić information content (AvgIpc) is 2.38. The molecule has 1 heterocycles. The predicted octanol–water partition coefficient (Wildman–Crippen LogP) is 3.93. The van der Waals surface area contributed by atoms with Crippen molar-refractivity contribution in [2.24, 2.45) is 5.10 Å². The Balaban J connectivity index is 2.01. The number of nitrogens with zero attached hydrogens (tertiary/aromatic N) is 3. The molecule has 2 rings (SSSR count). The Kier molecular flexibility index (Phi) is 5.01. The van der Waals surface area contributed by atoms with Crippen LogP contribution in [-0.2, 0) is 0 Å². The molecule has 1 N–H and O–H groups in total. The van der Waals surface area contributed by atoms with Gasteiger partial charge in [0.1, 0.15) is 0 Å². The number of aromatic nitrogens is 2. The number of rotatable bonds is 4. The minimum Gasteiger partial charge on any atom is -0.245 e. The van der Waals surface area contributed by atoms with E-state index in [4.69, 9.17) is 0 Å². The number of anilines is 1. The van der Waals surface area contributed by atoms with Crippen molar-refractivity contribution in [2.45, 2.75) is 13.8 Å². The quantitative estimate of drug-likeness (QED) is 0.682. The molecule has 0 saturated carbocycles. The lowest BCUT2D eigenvalue weighted by atomic mass is 10.2. The van der Waals surface area contributed by atoms with Gasteiger partial charge in [0.15, 0.2) is 0 Å². The third kappa shape index (κ3) is 4.59. The van der Waals surface area contributed by atoms with Gasteiger partial charge >= 0.3 is 0 Å². The number of hydrogen-bond acceptors (Lipinski definition) is 4. The van der Waals surface area contributed by atoms with E-state index in [-0.39, 0.29) is 0 Å². The van der Waals surface area contributed by atoms with E-state index in [1.807, 2.05) is 56.3 Å². The van der Waals surface area contributed by atoms with Crippen LogP contribution in [0.4, 0.5) is 5.95 Å². The van der Waals surface area contributed by atoms with Crippen LogP contribution < -0.4 is 5.43 Å². The SMILES string of the molecule is Cc1cc(C)nc(N/N=C/C(Br)=C/c2ccccc2)n1. The molecule has 4 nitrogen and oxygen atoms in total. The lowest BCUT2D eigenvalue weighted by Gasteiger charge is -2.01. The predicted molar refractivity (Wildman–Crippen MR) is 87.0 cm³/mol. The molecule has 0 fully saturated rings. The zero-order valence-electron chi connectivity index (χ0n) is 11.3. The molecule has 20 heavy (non-hydrogen) atoms. The Morgan fingerprint density at radius 2 is 1.80 bits per heavy atom. The highest BCUT2D eigenvalue weighted by atomic mass is 79.9. The minimum absolute atomic E-state index is 0.499. The molecule has 1 aromatic heterocycles. The molecule has 5 heteroatoms. The first-order chi connectivity index (χ1) is 9.63. The fourth-order valence-electron chi connectivity index (χ4n) is 1.67. The van der Waals surface area contributed by atoms with E-state index in [1.54, 1.807) is 6.21 Å². The Hall–Kier alpha value is -2.01. The molecule has 0 radical (unpaired) electrons. The molecule has 0 saturated heterocycles. The molecule has 0 aliphatic rings. The summed E-state index contributed by atoms with van der Waals surface area (Å²) in [5.41, 5.74) is 5.75. The second-order valence-corrected chi connectivity index (χ2v) is 5.20. The number of hydrazone groups is 1. The van der Waals surface area contributed by atoms with E-state index in [2.05, 4.69) is 36.4 Å². The van der Waals surface area contributed by atoms with Gasteiger partial charge < -0.3 is 0 Å². The molecule has 0 aliphatic carbocycles. The van der Waals surface area contributed by atoms with E-state index >= 15 is 0 Å². The summed E-state index contributed by atoms with van der Waals surface area (Å²) in [7, 11) is 0. The number of allylic oxidation sites excluding steroid dienone is 1. The second kappa shape index (κ2) is 6.96. The highest BCUT2D eigenvalue weighted by molar-refractivity contribution is 9.12. The van der Waals surface area contributed by atoms with Crippen LogP contribution in [0, 0.1) is 13.8 Å². The standard InChI is InChI=1S/C15H15BrN4/c1-11-8-12(2)19-15(18-11)20-17-10-14(16)9-13-6-4-3-5-7-13/h3-10H,1-2H3,(H,18,19,20)/b14-9-,17-10+. The molecule has 0 unspecified atom stereocenters. The normalized spacial score (nSPS) is 11.8. The number of aryl methyl sites for hydroxylation is 2. The first-order valence-corrected chi connectivity index (χ1v) is 6.96. The van der Waals surface area contributed by atoms with Crippen molar-refractivity contribution in [1.82, 2.24) is 9.97 Å². The molecule has 0 spiro atoms. The lowest BCUT2D eigenvalue weighted by molar-refractivity contribution is 1.04. The van der Waals surface area contributed by atoms with Gasteiger partial charge in [-0.15, -0.1) is 0 Å². The number of hydrogen-bond donors (Lipinski definition) is 1. The molecular formula is C15H15BrN4. The molecular weight excluding hydrogens is 316 g/mol. The van der Waals surface area contributed by atoms with E-state index in [1.165, 1.54) is 0 Å². The summed E-state index contributed by atoms with van der Waals surface area (Å²) in [4.78, 5) is 8.49. The fraction of sp³-hybridized carbons (Fsp3) is 0.133. The van der Waals surface area contributed by atoms with E-state index in [0.29, 0.717) is 5.95 Å². The van der Waals surface area contributed by atoms with Gasteiger partial charge in [-0.2, -0.15) is 5.10 Å². The summed E-state index contributed by atoms with van der Waals surface area (Å²) in [6.07, 6.45) is 3.65. The Bertz CT molecular complexity index is 615. The maximum Gasteiger partial charge on any atom is 0.243 e. The third-order valence-electron chi connectivity index (χ3n) is 2.44. The maximum absolute atomic E-state index is 4.24. The van der Waals surface area contributed by atoms with E-state index in [0.717, 1.165) is 21.4 Å². The van der Waals surface area contributed by atoms with Crippen molar-refractivity contribution < 1.29 is 0 Å². The average molecular weight is 331 g/mol. The van der Waals surface area contributed by atoms with Crippen molar-refractivity contribution in [2.75, 3.05) is 5.43 Å². The minimum atomic E-state index is 0.499. The molecule has 0 amide bonds. The van der Waals surface area contributed by atoms with Crippen LogP contribution in [-0.4, -0.2) is 16.2 Å².